The molecule has 1 heterocycles. The normalized spacial score (nSPS) is 18.7. The van der Waals surface area contributed by atoms with Gasteiger partial charge in [0.15, 0.2) is 0 Å². The monoisotopic (exact) mass is 764 g/mol. The Morgan fingerprint density at radius 3 is 2.33 bits per heavy atom. The molecule has 3 fully saturated rings. The molecule has 54 heavy (non-hydrogen) atoms. The number of halogens is 1. The highest BCUT2D eigenvalue weighted by molar-refractivity contribution is 7.99. The molecule has 1 aromatic heterocycles. The number of fused-ring (bicyclic) bond motifs is 1. The van der Waals surface area contributed by atoms with Gasteiger partial charge in [-0.15, -0.1) is 11.8 Å². The molecular weight excluding hydrogens is 708 g/mol. The Morgan fingerprint density at radius 2 is 1.63 bits per heavy atom. The van der Waals surface area contributed by atoms with Crippen LogP contribution in [0.3, 0.4) is 0 Å². The lowest BCUT2D eigenvalue weighted by Gasteiger charge is -2.41. The van der Waals surface area contributed by atoms with E-state index in [0.717, 1.165) is 59.2 Å². The second-order valence-corrected chi connectivity index (χ2v) is 18.2. The summed E-state index contributed by atoms with van der Waals surface area (Å²) in [6.45, 7) is 4.16. The Kier molecular flexibility index (Phi) is 12.8. The van der Waals surface area contributed by atoms with E-state index in [0.29, 0.717) is 23.7 Å². The second kappa shape index (κ2) is 17.7. The van der Waals surface area contributed by atoms with Crippen molar-refractivity contribution in [3.05, 3.63) is 112 Å². The maximum Gasteiger partial charge on any atom is 0.320 e. The van der Waals surface area contributed by atoms with Gasteiger partial charge in [0.2, 0.25) is 0 Å². The first kappa shape index (κ1) is 39.1. The van der Waals surface area contributed by atoms with Crippen molar-refractivity contribution in [2.75, 3.05) is 12.3 Å². The summed E-state index contributed by atoms with van der Waals surface area (Å²) in [4.78, 5) is 21.1. The summed E-state index contributed by atoms with van der Waals surface area (Å²) in [5, 5.41) is 12.9. The van der Waals surface area contributed by atoms with Crippen LogP contribution in [0.1, 0.15) is 131 Å². The molecule has 3 aromatic carbocycles. The number of hydrogen-bond acceptors (Lipinski definition) is 6. The van der Waals surface area contributed by atoms with Crippen molar-refractivity contribution >= 4 is 52.4 Å². The third-order valence-electron chi connectivity index (χ3n) is 11.8. The van der Waals surface area contributed by atoms with Crippen LogP contribution < -0.4 is 0 Å². The number of nitrogens with zero attached hydrogens (tertiary/aromatic N) is 2. The zero-order valence-electron chi connectivity index (χ0n) is 32.2. The lowest BCUT2D eigenvalue weighted by Crippen LogP contribution is -2.48. The van der Waals surface area contributed by atoms with Crippen molar-refractivity contribution in [3.8, 4) is 0 Å². The van der Waals surface area contributed by atoms with Gasteiger partial charge in [0.25, 0.3) is 0 Å². The molecule has 7 rings (SSSR count). The van der Waals surface area contributed by atoms with Crippen LogP contribution in [0.2, 0.25) is 5.02 Å². The summed E-state index contributed by atoms with van der Waals surface area (Å²) in [5.41, 5.74) is 4.98. The number of pyridine rings is 1. The second-order valence-electron chi connectivity index (χ2n) is 16.5. The molecule has 0 bridgehead atoms. The molecule has 0 saturated heterocycles. The van der Waals surface area contributed by atoms with E-state index in [2.05, 4.69) is 59.5 Å². The number of aryl methyl sites for hydroxylation is 1. The number of hydrogen-bond donors (Lipinski definition) is 1. The third kappa shape index (κ3) is 10.4. The van der Waals surface area contributed by atoms with E-state index < -0.39 is 5.60 Å². The molecule has 0 aliphatic heterocycles. The molecule has 3 aliphatic rings. The van der Waals surface area contributed by atoms with Crippen LogP contribution in [0.4, 0.5) is 0 Å². The fourth-order valence-electron chi connectivity index (χ4n) is 8.68. The van der Waals surface area contributed by atoms with Gasteiger partial charge in [-0.2, -0.15) is 0 Å². The Morgan fingerprint density at radius 1 is 0.926 bits per heavy atom. The number of aliphatic hydroxyl groups is 1. The van der Waals surface area contributed by atoms with E-state index in [1.165, 1.54) is 75.3 Å². The van der Waals surface area contributed by atoms with Crippen LogP contribution in [-0.2, 0) is 21.6 Å². The molecule has 7 heteroatoms. The van der Waals surface area contributed by atoms with Crippen LogP contribution in [0, 0.1) is 0 Å². The van der Waals surface area contributed by atoms with Gasteiger partial charge in [-0.05, 0) is 112 Å². The van der Waals surface area contributed by atoms with Gasteiger partial charge < -0.3 is 9.84 Å². The minimum absolute atomic E-state index is 0.0309. The first-order chi connectivity index (χ1) is 26.1. The first-order valence-corrected chi connectivity index (χ1v) is 21.8. The number of carbonyl (C=O) groups is 1. The molecular formula is C47H57ClN2O3S. The molecule has 5 nitrogen and oxygen atoms in total. The number of thioether (sulfide) groups is 1. The molecule has 1 atom stereocenters. The SMILES string of the molecule is CC(C)(O)c1ccccc1CC[C@@H](SCC1(OC(=O)CN(C2CCCCC2)C2CCCCC2)CC1)c1cccc(C=Cc2ccc3ccc(Cl)cc3n2)c1. The Bertz CT molecular complexity index is 1890. The fraction of sp³-hybridized carbons (Fsp3) is 0.489. The van der Waals surface area contributed by atoms with Gasteiger partial charge >= 0.3 is 5.97 Å². The number of rotatable bonds is 15. The number of carbonyl (C=O) groups excluding carboxylic acids is 1. The molecule has 0 spiro atoms. The average molecular weight is 766 g/mol. The van der Waals surface area contributed by atoms with Gasteiger partial charge in [0.05, 0.1) is 23.4 Å². The van der Waals surface area contributed by atoms with Crippen molar-refractivity contribution < 1.29 is 14.6 Å². The minimum Gasteiger partial charge on any atom is -0.457 e. The zero-order valence-corrected chi connectivity index (χ0v) is 33.7. The number of aromatic nitrogens is 1. The molecule has 1 N–H and O–H groups in total. The molecule has 0 amide bonds. The van der Waals surface area contributed by atoms with Crippen molar-refractivity contribution in [2.45, 2.75) is 132 Å². The van der Waals surface area contributed by atoms with Crippen LogP contribution in [-0.4, -0.2) is 50.9 Å². The van der Waals surface area contributed by atoms with Gasteiger partial charge in [0.1, 0.15) is 5.60 Å². The summed E-state index contributed by atoms with van der Waals surface area (Å²) in [5.74, 6) is 0.754. The van der Waals surface area contributed by atoms with Crippen LogP contribution in [0.15, 0.2) is 78.9 Å². The highest BCUT2D eigenvalue weighted by Gasteiger charge is 2.47. The zero-order chi connectivity index (χ0) is 37.5. The van der Waals surface area contributed by atoms with E-state index >= 15 is 0 Å². The average Bonchev–Trinajstić information content (AvgIpc) is 3.95. The molecule has 0 radical (unpaired) electrons. The standard InChI is InChI=1S/C47H57ClN2O3S/c1-46(2,52)42-19-10-9-13-35(42)23-27-44(37-14-11-12-34(30-37)20-25-39-26-22-36-21-24-38(48)31-43(36)49-39)54-33-47(28-29-47)53-45(51)32-50(40-15-5-3-6-16-40)41-17-7-4-8-18-41/h9-14,19-22,24-26,30-31,40-41,44,52H,3-8,15-18,23,27-29,32-33H2,1-2H3/t44-/m1/s1. The third-order valence-corrected chi connectivity index (χ3v) is 13.7. The smallest absolute Gasteiger partial charge is 0.320 e. The predicted octanol–water partition coefficient (Wildman–Crippen LogP) is 11.7. The van der Waals surface area contributed by atoms with Gasteiger partial charge in [-0.25, -0.2) is 4.98 Å². The topological polar surface area (TPSA) is 62.7 Å². The molecule has 3 aliphatic carbocycles. The lowest BCUT2D eigenvalue weighted by atomic mass is 9.88. The predicted molar refractivity (Wildman–Crippen MR) is 226 cm³/mol. The minimum atomic E-state index is -0.915. The van der Waals surface area contributed by atoms with E-state index in [4.69, 9.17) is 21.3 Å². The van der Waals surface area contributed by atoms with Crippen molar-refractivity contribution in [1.82, 2.24) is 9.88 Å². The highest BCUT2D eigenvalue weighted by Crippen LogP contribution is 2.47. The maximum absolute atomic E-state index is 13.8. The van der Waals surface area contributed by atoms with E-state index in [9.17, 15) is 9.90 Å². The number of ether oxygens (including phenoxy) is 1. The van der Waals surface area contributed by atoms with E-state index in [1.807, 2.05) is 62.0 Å². The Hall–Kier alpha value is -3.16. The summed E-state index contributed by atoms with van der Waals surface area (Å²) < 4.78 is 6.46. The van der Waals surface area contributed by atoms with Crippen LogP contribution in [0.5, 0.6) is 0 Å². The number of esters is 1. The maximum atomic E-state index is 13.8. The van der Waals surface area contributed by atoms with Gasteiger partial charge in [-0.1, -0.05) is 117 Å². The Labute approximate surface area is 331 Å². The fourth-order valence-corrected chi connectivity index (χ4v) is 10.3. The van der Waals surface area contributed by atoms with Gasteiger partial charge in [0, 0.05) is 33.5 Å². The molecule has 286 valence electrons. The lowest BCUT2D eigenvalue weighted by molar-refractivity contribution is -0.153. The molecule has 3 saturated carbocycles. The summed E-state index contributed by atoms with van der Waals surface area (Å²) in [6, 6.07) is 28.0. The van der Waals surface area contributed by atoms with E-state index in [1.54, 1.807) is 0 Å². The molecule has 4 aromatic rings. The Balaban J connectivity index is 1.06. The van der Waals surface area contributed by atoms with Gasteiger partial charge in [-0.3, -0.25) is 9.69 Å². The van der Waals surface area contributed by atoms with E-state index in [-0.39, 0.29) is 16.8 Å². The summed E-state index contributed by atoms with van der Waals surface area (Å²) >= 11 is 8.17. The largest absolute Gasteiger partial charge is 0.457 e. The first-order valence-electron chi connectivity index (χ1n) is 20.4. The highest BCUT2D eigenvalue weighted by atomic mass is 35.5. The molecule has 0 unspecified atom stereocenters. The van der Waals surface area contributed by atoms with Crippen molar-refractivity contribution in [3.63, 3.8) is 0 Å². The number of benzene rings is 3. The van der Waals surface area contributed by atoms with Crippen molar-refractivity contribution in [1.29, 1.82) is 0 Å². The summed E-state index contributed by atoms with van der Waals surface area (Å²) in [6.07, 6.45) is 20.4. The van der Waals surface area contributed by atoms with Crippen LogP contribution in [0.25, 0.3) is 23.1 Å². The summed E-state index contributed by atoms with van der Waals surface area (Å²) in [7, 11) is 0. The quantitative estimate of drug-likeness (QED) is 0.122. The van der Waals surface area contributed by atoms with Crippen molar-refractivity contribution in [2.24, 2.45) is 0 Å². The van der Waals surface area contributed by atoms with Crippen LogP contribution >= 0.6 is 23.4 Å².